The lowest BCUT2D eigenvalue weighted by molar-refractivity contribution is -0.160. The first-order valence-corrected chi connectivity index (χ1v) is 21.8. The third-order valence-corrected chi connectivity index (χ3v) is 12.7. The largest absolute Gasteiger partial charge is 0.507 e. The minimum atomic E-state index is -1.99. The third kappa shape index (κ3) is 9.02. The SMILES string of the molecule is CCCN(CCN)c1cc(=O)c2nc3c(oc2c1)c1c(=O)c2c(O)c(C)c4c(c23)=C(O)[C@@](C)(O/C=C/[C@H](OC)[C@@H](C)[C@@H](OC(C)=O)[C@H](C)[C@H](O)[C@H](C)[C@@H](O)[C@@H](C)/C=C/C=C(/C)C(=O)N1)O4. The molecule has 1 aromatic heterocycles. The number of phenols is 1. The fraction of sp³-hybridized carbons (Fsp3) is 0.479. The summed E-state index contributed by atoms with van der Waals surface area (Å²) in [7, 11) is 1.44. The van der Waals surface area contributed by atoms with Crippen molar-refractivity contribution in [2.24, 2.45) is 29.4 Å². The lowest BCUT2D eigenvalue weighted by Crippen LogP contribution is -2.46. The van der Waals surface area contributed by atoms with E-state index in [0.717, 1.165) is 6.42 Å². The van der Waals surface area contributed by atoms with Gasteiger partial charge in [0.1, 0.15) is 28.8 Å². The zero-order chi connectivity index (χ0) is 47.8. The number of nitrogens with two attached hydrogens (primary N) is 1. The number of carbonyl (C=O) groups excluding carboxylic acids is 2. The average molecular weight is 901 g/mol. The van der Waals surface area contributed by atoms with Crippen LogP contribution in [0.15, 0.2) is 62.3 Å². The van der Waals surface area contributed by atoms with Crippen molar-refractivity contribution < 1.29 is 53.4 Å². The molecular weight excluding hydrogens is 841 g/mol. The normalized spacial score (nSPS) is 28.4. The van der Waals surface area contributed by atoms with Gasteiger partial charge in [0.2, 0.25) is 10.9 Å². The number of carbonyl (C=O) groups is 2. The van der Waals surface area contributed by atoms with Gasteiger partial charge in [-0.15, -0.1) is 0 Å². The molecule has 0 radical (unpaired) electrons. The summed E-state index contributed by atoms with van der Waals surface area (Å²) in [5, 5.41) is 49.1. The van der Waals surface area contributed by atoms with Crippen LogP contribution in [-0.4, -0.2) is 94.2 Å². The van der Waals surface area contributed by atoms with Gasteiger partial charge in [0.25, 0.3) is 5.91 Å². The highest BCUT2D eigenvalue weighted by atomic mass is 16.7. The number of aromatic hydroxyl groups is 1. The number of hydrogen-bond acceptors (Lipinski definition) is 16. The highest BCUT2D eigenvalue weighted by Gasteiger charge is 2.44. The van der Waals surface area contributed by atoms with Gasteiger partial charge in [-0.2, -0.15) is 0 Å². The molecule has 1 amide bonds. The molecule has 2 aliphatic rings. The van der Waals surface area contributed by atoms with E-state index in [1.54, 1.807) is 45.9 Å². The van der Waals surface area contributed by atoms with Gasteiger partial charge in [-0.05, 0) is 26.3 Å². The van der Waals surface area contributed by atoms with Crippen LogP contribution in [0.5, 0.6) is 11.5 Å². The first kappa shape index (κ1) is 48.4. The lowest BCUT2D eigenvalue weighted by atomic mass is 9.78. The molecule has 3 aromatic carbocycles. The van der Waals surface area contributed by atoms with E-state index < -0.39 is 93.8 Å². The van der Waals surface area contributed by atoms with E-state index in [2.05, 4.69) is 5.32 Å². The molecule has 0 saturated carbocycles. The fourth-order valence-electron chi connectivity index (χ4n) is 8.85. The van der Waals surface area contributed by atoms with Crippen molar-refractivity contribution in [2.45, 2.75) is 98.9 Å². The van der Waals surface area contributed by atoms with Crippen LogP contribution in [-0.2, 0) is 23.8 Å². The van der Waals surface area contributed by atoms with Crippen molar-refractivity contribution in [3.05, 3.63) is 79.5 Å². The molecule has 0 unspecified atom stereocenters. The van der Waals surface area contributed by atoms with E-state index in [1.807, 2.05) is 11.8 Å². The molecule has 9 atom stereocenters. The maximum atomic E-state index is 14.8. The van der Waals surface area contributed by atoms with Crippen LogP contribution in [0, 0.1) is 30.6 Å². The maximum Gasteiger partial charge on any atom is 0.307 e. The number of nitrogens with one attached hydrogen (secondary N) is 1. The number of fused-ring (bicyclic) bond motifs is 5. The minimum absolute atomic E-state index is 0.00868. The summed E-state index contributed by atoms with van der Waals surface area (Å²) in [6, 6.07) is 3.00. The lowest BCUT2D eigenvalue weighted by Gasteiger charge is -2.38. The van der Waals surface area contributed by atoms with E-state index >= 15 is 0 Å². The quantitative estimate of drug-likeness (QED) is 0.0833. The zero-order valence-corrected chi connectivity index (χ0v) is 38.4. The molecule has 2 aliphatic heterocycles. The Labute approximate surface area is 375 Å². The third-order valence-electron chi connectivity index (χ3n) is 12.7. The van der Waals surface area contributed by atoms with E-state index in [4.69, 9.17) is 34.1 Å². The first-order chi connectivity index (χ1) is 30.7. The highest BCUT2D eigenvalue weighted by Crippen LogP contribution is 2.42. The number of allylic oxidation sites excluding steroid dienone is 2. The Morgan fingerprint density at radius 1 is 0.985 bits per heavy atom. The number of hydrogen-bond donors (Lipinski definition) is 6. The molecule has 3 heterocycles. The molecule has 0 aliphatic carbocycles. The van der Waals surface area contributed by atoms with Gasteiger partial charge in [0, 0.05) is 98.6 Å². The predicted octanol–water partition coefficient (Wildman–Crippen LogP) is 4.74. The van der Waals surface area contributed by atoms with Gasteiger partial charge in [0.15, 0.2) is 22.4 Å². The highest BCUT2D eigenvalue weighted by molar-refractivity contribution is 6.16. The topological polar surface area (TPSA) is 253 Å². The van der Waals surface area contributed by atoms with Crippen molar-refractivity contribution in [1.29, 1.82) is 0 Å². The number of methoxy groups -OCH3 is 1. The van der Waals surface area contributed by atoms with Crippen molar-refractivity contribution in [3.63, 3.8) is 0 Å². The number of esters is 1. The zero-order valence-electron chi connectivity index (χ0n) is 38.4. The number of aromatic nitrogens is 1. The Morgan fingerprint density at radius 2 is 1.69 bits per heavy atom. The summed E-state index contributed by atoms with van der Waals surface area (Å²) in [5.74, 6) is -7.01. The molecule has 65 heavy (non-hydrogen) atoms. The Hall–Kier alpha value is -6.01. The summed E-state index contributed by atoms with van der Waals surface area (Å²) < 4.78 is 30.4. The maximum absolute atomic E-state index is 14.8. The number of aliphatic hydroxyl groups is 3. The van der Waals surface area contributed by atoms with E-state index in [-0.39, 0.29) is 55.1 Å². The van der Waals surface area contributed by atoms with Crippen molar-refractivity contribution >= 4 is 62.0 Å². The molecule has 17 heteroatoms. The first-order valence-electron chi connectivity index (χ1n) is 21.8. The Kier molecular flexibility index (Phi) is 14.3. The molecule has 0 spiro atoms. The Balaban J connectivity index is 1.66. The second kappa shape index (κ2) is 19.2. The molecule has 17 nitrogen and oxygen atoms in total. The number of benzene rings is 3. The van der Waals surface area contributed by atoms with E-state index in [9.17, 15) is 39.6 Å². The average Bonchev–Trinajstić information content (AvgIpc) is 3.53. The smallest absolute Gasteiger partial charge is 0.307 e. The number of rotatable bonds is 7. The summed E-state index contributed by atoms with van der Waals surface area (Å²) in [4.78, 5) is 61.8. The van der Waals surface area contributed by atoms with Gasteiger partial charge >= 0.3 is 11.8 Å². The van der Waals surface area contributed by atoms with Crippen LogP contribution in [0.1, 0.15) is 67.4 Å². The Bertz CT molecular complexity index is 2780. The van der Waals surface area contributed by atoms with Gasteiger partial charge in [-0.1, -0.05) is 52.8 Å². The molecule has 350 valence electrons. The van der Waals surface area contributed by atoms with Crippen LogP contribution < -0.4 is 36.8 Å². The van der Waals surface area contributed by atoms with Crippen molar-refractivity contribution in [1.82, 2.24) is 4.98 Å². The second-order valence-corrected chi connectivity index (χ2v) is 17.3. The van der Waals surface area contributed by atoms with Crippen LogP contribution >= 0.6 is 0 Å². The monoisotopic (exact) mass is 900 g/mol. The molecule has 4 aromatic rings. The summed E-state index contributed by atoms with van der Waals surface area (Å²) in [6.07, 6.45) is 4.24. The van der Waals surface area contributed by atoms with E-state index in [0.29, 0.717) is 25.3 Å². The standard InChI is InChI=1S/C48H60N4O13/c1-11-17-52(18-16-49)29-20-30(54)36-32(21-29)64-45-37(50-36)33-34-41(57)27(7)44-35(33)46(59)48(9,65-44)62-19-15-31(61-10)24(4)43(63-28(8)53)26(6)40(56)25(5)39(55)22(2)13-12-14-23(3)47(60)51-38(45)42(34)58/h12-15,19-22,24-26,31,39-40,43,55-57,59H,11,16-18,49H2,1-10H3,(H,51,60)/b13-12+,19-15+,23-14-/t22-,24+,25+,26+,31-,39-,40+,43+,48-/m0/s1. The minimum Gasteiger partial charge on any atom is -0.507 e. The number of amides is 1. The summed E-state index contributed by atoms with van der Waals surface area (Å²) >= 11 is 0. The van der Waals surface area contributed by atoms with Crippen LogP contribution in [0.2, 0.25) is 0 Å². The van der Waals surface area contributed by atoms with Crippen LogP contribution in [0.25, 0.3) is 38.7 Å². The van der Waals surface area contributed by atoms with Gasteiger partial charge in [0.05, 0.1) is 35.2 Å². The summed E-state index contributed by atoms with van der Waals surface area (Å²) in [5.41, 5.74) is 4.21. The number of phenolic OH excluding ortho intramolecular Hbond substituents is 1. The second-order valence-electron chi connectivity index (χ2n) is 17.3. The van der Waals surface area contributed by atoms with Gasteiger partial charge < -0.3 is 59.7 Å². The summed E-state index contributed by atoms with van der Waals surface area (Å²) in [6.45, 7) is 15.8. The van der Waals surface area contributed by atoms with Crippen molar-refractivity contribution in [2.75, 3.05) is 37.0 Å². The number of aliphatic hydroxyl groups excluding tert-OH is 3. The predicted molar refractivity (Wildman–Crippen MR) is 247 cm³/mol. The van der Waals surface area contributed by atoms with Crippen LogP contribution in [0.3, 0.4) is 0 Å². The van der Waals surface area contributed by atoms with Crippen molar-refractivity contribution in [3.8, 4) is 11.5 Å². The molecule has 0 fully saturated rings. The van der Waals surface area contributed by atoms with E-state index in [1.165, 1.54) is 59.3 Å². The van der Waals surface area contributed by atoms with Gasteiger partial charge in [-0.25, -0.2) is 4.98 Å². The molecule has 7 N–H and O–H groups in total. The molecule has 6 rings (SSSR count). The molecule has 5 bridgehead atoms. The molecular formula is C48H60N4O13. The fourth-order valence-corrected chi connectivity index (χ4v) is 8.85. The Morgan fingerprint density at radius 3 is 2.34 bits per heavy atom. The number of anilines is 2. The van der Waals surface area contributed by atoms with Crippen LogP contribution in [0.4, 0.5) is 11.4 Å². The number of nitrogens with zero attached hydrogens (tertiary/aromatic N) is 2. The number of ether oxygens (including phenoxy) is 4. The van der Waals surface area contributed by atoms with Gasteiger partial charge in [-0.3, -0.25) is 19.2 Å². The molecule has 0 saturated heterocycles.